The molecule has 140 valence electrons. The van der Waals surface area contributed by atoms with Gasteiger partial charge in [0.2, 0.25) is 0 Å². The molecule has 6 nitrogen and oxygen atoms in total. The number of esters is 2. The van der Waals surface area contributed by atoms with Crippen LogP contribution in [0, 0.1) is 0 Å². The van der Waals surface area contributed by atoms with E-state index < -0.39 is 29.9 Å². The first-order valence-corrected chi connectivity index (χ1v) is 9.16. The summed E-state index contributed by atoms with van der Waals surface area (Å²) >= 11 is 0. The van der Waals surface area contributed by atoms with E-state index in [-0.39, 0.29) is 0 Å². The number of ether oxygens (including phenoxy) is 4. The maximum Gasteiger partial charge on any atom is 0.338 e. The minimum Gasteiger partial charge on any atom is -0.464 e. The Kier molecular flexibility index (Phi) is 9.29. The van der Waals surface area contributed by atoms with Crippen LogP contribution in [0.1, 0.15) is 72.6 Å². The van der Waals surface area contributed by atoms with E-state index >= 15 is 0 Å². The van der Waals surface area contributed by atoms with Gasteiger partial charge in [-0.25, -0.2) is 9.59 Å². The van der Waals surface area contributed by atoms with Gasteiger partial charge in [0, 0.05) is 0 Å². The molecule has 1 fully saturated rings. The Morgan fingerprint density at radius 2 is 1.25 bits per heavy atom. The molecule has 2 atom stereocenters. The van der Waals surface area contributed by atoms with Crippen LogP contribution in [-0.4, -0.2) is 43.1 Å². The molecular weight excluding hydrogens is 312 g/mol. The molecule has 1 heterocycles. The van der Waals surface area contributed by atoms with Crippen molar-refractivity contribution >= 4 is 11.9 Å². The third-order valence-corrected chi connectivity index (χ3v) is 4.12. The minimum absolute atomic E-state index is 0.327. The molecule has 0 radical (unpaired) electrons. The van der Waals surface area contributed by atoms with Crippen LogP contribution in [0.25, 0.3) is 0 Å². The maximum absolute atomic E-state index is 12.3. The van der Waals surface area contributed by atoms with Crippen LogP contribution >= 0.6 is 0 Å². The molecule has 0 amide bonds. The highest BCUT2D eigenvalue weighted by molar-refractivity contribution is 5.86. The molecule has 0 N–H and O–H groups in total. The number of hydrogen-bond acceptors (Lipinski definition) is 6. The van der Waals surface area contributed by atoms with E-state index in [0.717, 1.165) is 38.5 Å². The van der Waals surface area contributed by atoms with Crippen molar-refractivity contribution in [1.82, 2.24) is 0 Å². The second-order valence-corrected chi connectivity index (χ2v) is 6.31. The van der Waals surface area contributed by atoms with Gasteiger partial charge in [-0.1, -0.05) is 46.5 Å². The lowest BCUT2D eigenvalue weighted by Gasteiger charge is -2.20. The summed E-state index contributed by atoms with van der Waals surface area (Å²) in [6.07, 6.45) is 4.07. The number of carbonyl (C=O) groups is 2. The summed E-state index contributed by atoms with van der Waals surface area (Å²) in [6.45, 7) is 8.40. The molecule has 1 saturated heterocycles. The Morgan fingerprint density at radius 1 is 0.833 bits per heavy atom. The van der Waals surface area contributed by atoms with Gasteiger partial charge in [0.15, 0.2) is 18.0 Å². The molecule has 1 aliphatic rings. The summed E-state index contributed by atoms with van der Waals surface area (Å²) in [5.74, 6) is -2.09. The zero-order valence-electron chi connectivity index (χ0n) is 15.5. The van der Waals surface area contributed by atoms with Gasteiger partial charge in [0.1, 0.15) is 0 Å². The highest BCUT2D eigenvalue weighted by Gasteiger charge is 2.51. The average molecular weight is 344 g/mol. The Hall–Kier alpha value is -1.14. The van der Waals surface area contributed by atoms with Gasteiger partial charge in [-0.05, 0) is 26.2 Å². The molecule has 1 rings (SSSR count). The highest BCUT2D eigenvalue weighted by atomic mass is 16.8. The number of hydrogen-bond donors (Lipinski definition) is 0. The van der Waals surface area contributed by atoms with E-state index in [9.17, 15) is 9.59 Å². The van der Waals surface area contributed by atoms with Crippen LogP contribution in [0.4, 0.5) is 0 Å². The van der Waals surface area contributed by atoms with Crippen molar-refractivity contribution < 1.29 is 28.5 Å². The Morgan fingerprint density at radius 3 is 1.58 bits per heavy atom. The molecule has 0 aromatic rings. The molecule has 0 aliphatic carbocycles. The second-order valence-electron chi connectivity index (χ2n) is 6.31. The van der Waals surface area contributed by atoms with Gasteiger partial charge in [0.25, 0.3) is 0 Å². The van der Waals surface area contributed by atoms with Crippen LogP contribution in [0.2, 0.25) is 0 Å². The van der Waals surface area contributed by atoms with Crippen LogP contribution in [0.15, 0.2) is 0 Å². The van der Waals surface area contributed by atoms with E-state index in [4.69, 9.17) is 18.9 Å². The van der Waals surface area contributed by atoms with Gasteiger partial charge in [-0.3, -0.25) is 0 Å². The monoisotopic (exact) mass is 344 g/mol. The Labute approximate surface area is 145 Å². The molecule has 0 spiro atoms. The molecule has 0 saturated carbocycles. The summed E-state index contributed by atoms with van der Waals surface area (Å²) in [5.41, 5.74) is 0. The van der Waals surface area contributed by atoms with E-state index in [1.165, 1.54) is 0 Å². The lowest BCUT2D eigenvalue weighted by Crippen LogP contribution is -2.39. The van der Waals surface area contributed by atoms with Crippen LogP contribution < -0.4 is 0 Å². The largest absolute Gasteiger partial charge is 0.464 e. The molecule has 1 aliphatic heterocycles. The predicted molar refractivity (Wildman–Crippen MR) is 89.4 cm³/mol. The maximum atomic E-state index is 12.3. The zero-order valence-corrected chi connectivity index (χ0v) is 15.5. The third-order valence-electron chi connectivity index (χ3n) is 4.12. The Bertz CT molecular complexity index is 363. The van der Waals surface area contributed by atoms with Crippen molar-refractivity contribution in [3.63, 3.8) is 0 Å². The molecule has 0 unspecified atom stereocenters. The SMILES string of the molecule is CCCCCOC(=O)[C@H]1OC(C)(CC)O[C@@H]1C(=O)OCCCCC. The van der Waals surface area contributed by atoms with Crippen LogP contribution in [-0.2, 0) is 28.5 Å². The minimum atomic E-state index is -1.06. The number of carbonyl (C=O) groups excluding carboxylic acids is 2. The van der Waals surface area contributed by atoms with E-state index in [1.807, 2.05) is 6.92 Å². The average Bonchev–Trinajstić information content (AvgIpc) is 2.94. The van der Waals surface area contributed by atoms with Gasteiger partial charge in [-0.2, -0.15) is 0 Å². The highest BCUT2D eigenvalue weighted by Crippen LogP contribution is 2.32. The summed E-state index contributed by atoms with van der Waals surface area (Å²) in [4.78, 5) is 24.5. The summed E-state index contributed by atoms with van der Waals surface area (Å²) < 4.78 is 21.8. The number of unbranched alkanes of at least 4 members (excludes halogenated alkanes) is 4. The molecule has 0 aromatic heterocycles. The van der Waals surface area contributed by atoms with Crippen molar-refractivity contribution in [3.8, 4) is 0 Å². The molecule has 0 bridgehead atoms. The fourth-order valence-corrected chi connectivity index (χ4v) is 2.41. The smallest absolute Gasteiger partial charge is 0.338 e. The van der Waals surface area contributed by atoms with Crippen molar-refractivity contribution in [2.75, 3.05) is 13.2 Å². The fourth-order valence-electron chi connectivity index (χ4n) is 2.41. The van der Waals surface area contributed by atoms with Crippen molar-refractivity contribution in [2.24, 2.45) is 0 Å². The van der Waals surface area contributed by atoms with Crippen molar-refractivity contribution in [3.05, 3.63) is 0 Å². The predicted octanol–water partition coefficient (Wildman–Crippen LogP) is 3.36. The molecular formula is C18H32O6. The van der Waals surface area contributed by atoms with Gasteiger partial charge in [-0.15, -0.1) is 0 Å². The molecule has 6 heteroatoms. The Balaban J connectivity index is 2.60. The van der Waals surface area contributed by atoms with Gasteiger partial charge < -0.3 is 18.9 Å². The topological polar surface area (TPSA) is 71.1 Å². The summed E-state index contributed by atoms with van der Waals surface area (Å²) in [7, 11) is 0. The lowest BCUT2D eigenvalue weighted by atomic mass is 10.2. The van der Waals surface area contributed by atoms with Gasteiger partial charge in [0.05, 0.1) is 13.2 Å². The zero-order chi connectivity index (χ0) is 18.0. The van der Waals surface area contributed by atoms with E-state index in [1.54, 1.807) is 6.92 Å². The first-order valence-electron chi connectivity index (χ1n) is 9.16. The summed E-state index contributed by atoms with van der Waals surface area (Å²) in [5, 5.41) is 0. The van der Waals surface area contributed by atoms with E-state index in [2.05, 4.69) is 13.8 Å². The normalized spacial score (nSPS) is 22.3. The van der Waals surface area contributed by atoms with Crippen molar-refractivity contribution in [2.45, 2.75) is 90.6 Å². The van der Waals surface area contributed by atoms with Gasteiger partial charge >= 0.3 is 11.9 Å². The fraction of sp³-hybridized carbons (Fsp3) is 0.889. The first kappa shape index (κ1) is 20.9. The van der Waals surface area contributed by atoms with Crippen LogP contribution in [0.5, 0.6) is 0 Å². The molecule has 24 heavy (non-hydrogen) atoms. The quantitative estimate of drug-likeness (QED) is 0.423. The second kappa shape index (κ2) is 10.7. The standard InChI is InChI=1S/C18H32O6/c1-5-8-10-12-21-16(19)14-15(24-18(4,7-3)23-14)17(20)22-13-11-9-6-2/h14-15H,5-13H2,1-4H3/t14-,15-/m0/s1. The lowest BCUT2D eigenvalue weighted by molar-refractivity contribution is -0.182. The third kappa shape index (κ3) is 6.40. The van der Waals surface area contributed by atoms with E-state index in [0.29, 0.717) is 19.6 Å². The van der Waals surface area contributed by atoms with Crippen LogP contribution in [0.3, 0.4) is 0 Å². The van der Waals surface area contributed by atoms with Crippen molar-refractivity contribution in [1.29, 1.82) is 0 Å². The first-order chi connectivity index (χ1) is 11.5. The molecule has 0 aromatic carbocycles. The summed E-state index contributed by atoms with van der Waals surface area (Å²) in [6, 6.07) is 0. The number of rotatable bonds is 11.